The quantitative estimate of drug-likeness (QED) is 0.780. The molecule has 0 N–H and O–H groups in total. The van der Waals surface area contributed by atoms with Gasteiger partial charge >= 0.3 is 0 Å². The lowest BCUT2D eigenvalue weighted by molar-refractivity contribution is 0.603. The lowest BCUT2D eigenvalue weighted by atomic mass is 10.0. The van der Waals surface area contributed by atoms with Crippen LogP contribution in [-0.2, 0) is 9.84 Å². The van der Waals surface area contributed by atoms with E-state index in [0.29, 0.717) is 17.4 Å². The van der Waals surface area contributed by atoms with Gasteiger partial charge in [0.25, 0.3) is 0 Å². The van der Waals surface area contributed by atoms with E-state index in [4.69, 9.17) is 0 Å². The predicted molar refractivity (Wildman–Crippen MR) is 76.9 cm³/mol. The van der Waals surface area contributed by atoms with Crippen LogP contribution in [0.2, 0.25) is 0 Å². The van der Waals surface area contributed by atoms with E-state index < -0.39 is 9.84 Å². The summed E-state index contributed by atoms with van der Waals surface area (Å²) >= 11 is 3.66. The first-order valence-corrected chi connectivity index (χ1v) is 9.73. The number of benzene rings is 1. The molecule has 0 fully saturated rings. The fourth-order valence-electron chi connectivity index (χ4n) is 1.80. The molecule has 1 aliphatic rings. The topological polar surface area (TPSA) is 34.1 Å². The molecule has 1 heterocycles. The highest BCUT2D eigenvalue weighted by Crippen LogP contribution is 2.40. The molecule has 0 aliphatic carbocycles. The maximum absolute atomic E-state index is 11.0. The summed E-state index contributed by atoms with van der Waals surface area (Å²) in [6.07, 6.45) is 1.30. The van der Waals surface area contributed by atoms with E-state index >= 15 is 0 Å². The van der Waals surface area contributed by atoms with Gasteiger partial charge in [0.05, 0.1) is 5.75 Å². The predicted octanol–water partition coefficient (Wildman–Crippen LogP) is 2.65. The molecule has 1 unspecified atom stereocenters. The van der Waals surface area contributed by atoms with Gasteiger partial charge in [-0.25, -0.2) is 8.42 Å². The van der Waals surface area contributed by atoms with Gasteiger partial charge in [-0.15, -0.1) is 11.8 Å². The number of rotatable bonds is 5. The molecule has 0 saturated carbocycles. The van der Waals surface area contributed by atoms with Gasteiger partial charge in [0.15, 0.2) is 0 Å². The zero-order chi connectivity index (χ0) is 12.3. The van der Waals surface area contributed by atoms with Gasteiger partial charge in [0.2, 0.25) is 0 Å². The molecule has 0 amide bonds. The largest absolute Gasteiger partial charge is 0.229 e. The summed E-state index contributed by atoms with van der Waals surface area (Å²) in [5, 5.41) is 0. The molecular formula is C12H16O2S3. The van der Waals surface area contributed by atoms with Crippen LogP contribution in [-0.4, -0.2) is 37.7 Å². The summed E-state index contributed by atoms with van der Waals surface area (Å²) < 4.78 is 22.0. The Kier molecular flexibility index (Phi) is 4.44. The number of fused-ring (bicyclic) bond motifs is 1. The van der Waals surface area contributed by atoms with Crippen LogP contribution in [0, 0.1) is 0 Å². The second kappa shape index (κ2) is 5.67. The van der Waals surface area contributed by atoms with E-state index in [1.165, 1.54) is 16.7 Å². The monoisotopic (exact) mass is 288 g/mol. The minimum atomic E-state index is -2.81. The van der Waals surface area contributed by atoms with Crippen molar-refractivity contribution < 1.29 is 8.42 Å². The lowest BCUT2D eigenvalue weighted by Crippen LogP contribution is -2.07. The molecule has 2 rings (SSSR count). The summed E-state index contributed by atoms with van der Waals surface area (Å²) in [7, 11) is -2.81. The molecule has 1 aliphatic heterocycles. The normalized spacial score (nSPS) is 19.2. The van der Waals surface area contributed by atoms with Crippen molar-refractivity contribution in [3.63, 3.8) is 0 Å². The van der Waals surface area contributed by atoms with Crippen molar-refractivity contribution in [3.05, 3.63) is 29.8 Å². The number of thioether (sulfide) groups is 2. The second-order valence-corrected chi connectivity index (χ2v) is 8.72. The third-order valence-electron chi connectivity index (χ3n) is 2.72. The Balaban J connectivity index is 1.82. The average molecular weight is 288 g/mol. The molecule has 0 radical (unpaired) electrons. The summed E-state index contributed by atoms with van der Waals surface area (Å²) in [5.41, 5.74) is 1.43. The van der Waals surface area contributed by atoms with Gasteiger partial charge in [-0.3, -0.25) is 0 Å². The maximum Gasteiger partial charge on any atom is 0.148 e. The number of hydrogen-bond acceptors (Lipinski definition) is 4. The maximum atomic E-state index is 11.0. The van der Waals surface area contributed by atoms with Crippen molar-refractivity contribution in [3.8, 4) is 0 Å². The zero-order valence-corrected chi connectivity index (χ0v) is 12.2. The molecule has 1 aromatic carbocycles. The van der Waals surface area contributed by atoms with Crippen LogP contribution >= 0.6 is 23.5 Å². The Labute approximate surface area is 111 Å². The first-order chi connectivity index (χ1) is 8.06. The van der Waals surface area contributed by atoms with E-state index in [1.807, 2.05) is 11.8 Å². The van der Waals surface area contributed by atoms with Crippen molar-refractivity contribution in [2.24, 2.45) is 0 Å². The minimum absolute atomic E-state index is 0.291. The molecule has 0 spiro atoms. The second-order valence-electron chi connectivity index (χ2n) is 4.25. The van der Waals surface area contributed by atoms with Gasteiger partial charge in [-0.2, -0.15) is 11.8 Å². The highest BCUT2D eigenvalue weighted by molar-refractivity contribution is 8.01. The Morgan fingerprint density at radius 2 is 2.18 bits per heavy atom. The van der Waals surface area contributed by atoms with Crippen LogP contribution < -0.4 is 0 Å². The van der Waals surface area contributed by atoms with E-state index in [-0.39, 0.29) is 0 Å². The van der Waals surface area contributed by atoms with Crippen molar-refractivity contribution in [1.29, 1.82) is 0 Å². The molecule has 1 aromatic rings. The Hall–Kier alpha value is -0.130. The van der Waals surface area contributed by atoms with Gasteiger partial charge in [-0.05, 0) is 11.6 Å². The minimum Gasteiger partial charge on any atom is -0.229 e. The van der Waals surface area contributed by atoms with Crippen LogP contribution in [0.4, 0.5) is 0 Å². The Bertz CT molecular complexity index is 482. The van der Waals surface area contributed by atoms with Gasteiger partial charge < -0.3 is 0 Å². The van der Waals surface area contributed by atoms with Gasteiger partial charge in [-0.1, -0.05) is 18.2 Å². The highest BCUT2D eigenvalue weighted by atomic mass is 32.2. The van der Waals surface area contributed by atoms with Crippen molar-refractivity contribution in [2.45, 2.75) is 10.8 Å². The molecule has 0 saturated heterocycles. The van der Waals surface area contributed by atoms with Crippen molar-refractivity contribution in [1.82, 2.24) is 0 Å². The molecule has 5 heteroatoms. The molecule has 0 aromatic heterocycles. The van der Waals surface area contributed by atoms with Crippen molar-refractivity contribution >= 4 is 33.4 Å². The standard InChI is InChI=1S/C12H16O2S3/c1-17(13,14)7-6-15-8-10-9-16-12-5-3-2-4-11(10)12/h2-5,10H,6-9H2,1H3. The Morgan fingerprint density at radius 3 is 2.94 bits per heavy atom. The summed E-state index contributed by atoms with van der Waals surface area (Å²) in [5.74, 6) is 3.74. The molecule has 2 nitrogen and oxygen atoms in total. The van der Waals surface area contributed by atoms with E-state index in [1.54, 1.807) is 11.8 Å². The molecule has 17 heavy (non-hydrogen) atoms. The summed E-state index contributed by atoms with van der Waals surface area (Å²) in [6.45, 7) is 0. The first kappa shape index (κ1) is 13.3. The van der Waals surface area contributed by atoms with Crippen LogP contribution in [0.25, 0.3) is 0 Å². The van der Waals surface area contributed by atoms with E-state index in [0.717, 1.165) is 11.5 Å². The molecular weight excluding hydrogens is 272 g/mol. The third kappa shape index (κ3) is 3.93. The fraction of sp³-hybridized carbons (Fsp3) is 0.500. The van der Waals surface area contributed by atoms with Gasteiger partial charge in [0, 0.05) is 34.3 Å². The van der Waals surface area contributed by atoms with Crippen LogP contribution in [0.5, 0.6) is 0 Å². The first-order valence-electron chi connectivity index (χ1n) is 5.53. The third-order valence-corrected chi connectivity index (χ3v) is 6.30. The SMILES string of the molecule is CS(=O)(=O)CCSCC1CSc2ccccc21. The number of sulfone groups is 1. The Morgan fingerprint density at radius 1 is 1.41 bits per heavy atom. The lowest BCUT2D eigenvalue weighted by Gasteiger charge is -2.09. The highest BCUT2D eigenvalue weighted by Gasteiger charge is 2.22. The molecule has 1 atom stereocenters. The van der Waals surface area contributed by atoms with E-state index in [9.17, 15) is 8.42 Å². The van der Waals surface area contributed by atoms with Crippen molar-refractivity contribution in [2.75, 3.05) is 29.3 Å². The van der Waals surface area contributed by atoms with Crippen LogP contribution in [0.15, 0.2) is 29.2 Å². The summed E-state index contributed by atoms with van der Waals surface area (Å²) in [4.78, 5) is 1.39. The zero-order valence-electron chi connectivity index (χ0n) is 9.76. The number of hydrogen-bond donors (Lipinski definition) is 0. The van der Waals surface area contributed by atoms with E-state index in [2.05, 4.69) is 24.3 Å². The fourth-order valence-corrected chi connectivity index (χ4v) is 5.64. The average Bonchev–Trinajstić information content (AvgIpc) is 2.67. The molecule has 94 valence electrons. The van der Waals surface area contributed by atoms with Gasteiger partial charge in [0.1, 0.15) is 9.84 Å². The smallest absolute Gasteiger partial charge is 0.148 e. The summed E-state index contributed by atoms with van der Waals surface area (Å²) in [6, 6.07) is 8.52. The molecule has 0 bridgehead atoms. The van der Waals surface area contributed by atoms with Crippen LogP contribution in [0.1, 0.15) is 11.5 Å². The van der Waals surface area contributed by atoms with Crippen LogP contribution in [0.3, 0.4) is 0 Å².